The summed E-state index contributed by atoms with van der Waals surface area (Å²) in [5, 5.41) is 3.54. The van der Waals surface area contributed by atoms with Gasteiger partial charge in [0.2, 0.25) is 0 Å². The molecule has 0 amide bonds. The quantitative estimate of drug-likeness (QED) is 0.626. The number of rotatable bonds is 6. The average molecular weight is 433 g/mol. The first-order valence-corrected chi connectivity index (χ1v) is 9.36. The van der Waals surface area contributed by atoms with Crippen molar-refractivity contribution < 1.29 is 4.74 Å². The summed E-state index contributed by atoms with van der Waals surface area (Å²) in [5.74, 6) is 0.912. The summed E-state index contributed by atoms with van der Waals surface area (Å²) in [4.78, 5) is 0. The van der Waals surface area contributed by atoms with Gasteiger partial charge in [-0.05, 0) is 81.6 Å². The van der Waals surface area contributed by atoms with Gasteiger partial charge in [-0.15, -0.1) is 11.3 Å². The molecule has 1 N–H and O–H groups in total. The van der Waals surface area contributed by atoms with Crippen molar-refractivity contribution in [1.82, 2.24) is 5.32 Å². The van der Waals surface area contributed by atoms with Crippen LogP contribution in [0.25, 0.3) is 0 Å². The lowest BCUT2D eigenvalue weighted by Gasteiger charge is -2.19. The highest BCUT2D eigenvalue weighted by atomic mass is 79.9. The van der Waals surface area contributed by atoms with Crippen molar-refractivity contribution >= 4 is 43.2 Å². The van der Waals surface area contributed by atoms with Crippen molar-refractivity contribution in [1.29, 1.82) is 0 Å². The summed E-state index contributed by atoms with van der Waals surface area (Å²) in [6.07, 6.45) is 0.197. The molecule has 0 radical (unpaired) electrons. The van der Waals surface area contributed by atoms with Crippen LogP contribution in [0.15, 0.2) is 37.9 Å². The van der Waals surface area contributed by atoms with Crippen LogP contribution in [0.3, 0.4) is 0 Å². The molecule has 1 aromatic heterocycles. The second-order valence-electron chi connectivity index (χ2n) is 5.01. The van der Waals surface area contributed by atoms with E-state index < -0.39 is 0 Å². The van der Waals surface area contributed by atoms with Gasteiger partial charge < -0.3 is 10.1 Å². The highest BCUT2D eigenvalue weighted by molar-refractivity contribution is 9.12. The van der Waals surface area contributed by atoms with E-state index in [1.54, 1.807) is 11.3 Å². The van der Waals surface area contributed by atoms with Crippen LogP contribution >= 0.6 is 43.2 Å². The van der Waals surface area contributed by atoms with Crippen molar-refractivity contribution in [2.45, 2.75) is 32.9 Å². The molecule has 0 fully saturated rings. The van der Waals surface area contributed by atoms with Crippen LogP contribution in [-0.2, 0) is 0 Å². The summed E-state index contributed by atoms with van der Waals surface area (Å²) in [6, 6.07) is 10.7. The Morgan fingerprint density at radius 2 is 1.86 bits per heavy atom. The summed E-state index contributed by atoms with van der Waals surface area (Å²) in [6.45, 7) is 7.11. The topological polar surface area (TPSA) is 21.3 Å². The van der Waals surface area contributed by atoms with Crippen molar-refractivity contribution in [3.05, 3.63) is 49.0 Å². The average Bonchev–Trinajstić information content (AvgIpc) is 2.75. The number of nitrogens with one attached hydrogen (secondary N) is 1. The van der Waals surface area contributed by atoms with Crippen LogP contribution in [-0.4, -0.2) is 12.6 Å². The number of hydrogen-bond acceptors (Lipinski definition) is 3. The molecule has 1 aromatic carbocycles. The normalized spacial score (nSPS) is 12.7. The van der Waals surface area contributed by atoms with Gasteiger partial charge in [-0.25, -0.2) is 0 Å². The molecule has 1 unspecified atom stereocenters. The minimum Gasteiger partial charge on any atom is -0.491 e. The van der Waals surface area contributed by atoms with Gasteiger partial charge in [0.25, 0.3) is 0 Å². The lowest BCUT2D eigenvalue weighted by atomic mass is 10.0. The molecule has 0 aliphatic heterocycles. The Kier molecular flexibility index (Phi) is 6.29. The number of ether oxygens (including phenoxy) is 1. The zero-order valence-electron chi connectivity index (χ0n) is 12.3. The Hall–Kier alpha value is -0.360. The first kappa shape index (κ1) is 17.0. The lowest BCUT2D eigenvalue weighted by Crippen LogP contribution is -2.21. The van der Waals surface area contributed by atoms with E-state index in [2.05, 4.69) is 62.3 Å². The smallest absolute Gasteiger partial charge is 0.119 e. The molecule has 0 saturated carbocycles. The van der Waals surface area contributed by atoms with Gasteiger partial charge >= 0.3 is 0 Å². The Morgan fingerprint density at radius 3 is 2.33 bits per heavy atom. The zero-order valence-corrected chi connectivity index (χ0v) is 16.3. The van der Waals surface area contributed by atoms with Gasteiger partial charge in [0.1, 0.15) is 5.75 Å². The van der Waals surface area contributed by atoms with Gasteiger partial charge in [0.05, 0.1) is 19.7 Å². The van der Waals surface area contributed by atoms with E-state index in [1.165, 1.54) is 11.1 Å². The zero-order chi connectivity index (χ0) is 15.4. The maximum absolute atomic E-state index is 5.71. The van der Waals surface area contributed by atoms with Crippen LogP contribution < -0.4 is 10.1 Å². The monoisotopic (exact) mass is 431 g/mol. The Labute approximate surface area is 147 Å². The molecule has 1 atom stereocenters. The molecule has 2 rings (SSSR count). The maximum atomic E-state index is 5.71. The Morgan fingerprint density at radius 1 is 1.19 bits per heavy atom. The first-order chi connectivity index (χ1) is 10.0. The number of hydrogen-bond donors (Lipinski definition) is 1. The SMILES string of the molecule is CCNC(c1ccc(OC(C)C)cc1)c1cc(Br)sc1Br. The summed E-state index contributed by atoms with van der Waals surface area (Å²) < 4.78 is 7.99. The fourth-order valence-corrected chi connectivity index (χ4v) is 5.07. The molecular formula is C16H19Br2NOS. The van der Waals surface area contributed by atoms with E-state index in [9.17, 15) is 0 Å². The highest BCUT2D eigenvalue weighted by Gasteiger charge is 2.18. The van der Waals surface area contributed by atoms with Crippen LogP contribution in [0.2, 0.25) is 0 Å². The second-order valence-corrected chi connectivity index (χ2v) is 8.76. The largest absolute Gasteiger partial charge is 0.491 e. The first-order valence-electron chi connectivity index (χ1n) is 6.96. The molecule has 5 heteroatoms. The number of benzene rings is 1. The third-order valence-corrected chi connectivity index (χ3v) is 5.37. The Bertz CT molecular complexity index is 580. The van der Waals surface area contributed by atoms with Crippen LogP contribution in [0.5, 0.6) is 5.75 Å². The van der Waals surface area contributed by atoms with E-state index in [1.807, 2.05) is 26.0 Å². The van der Waals surface area contributed by atoms with Gasteiger partial charge in [-0.3, -0.25) is 0 Å². The van der Waals surface area contributed by atoms with Gasteiger partial charge in [-0.1, -0.05) is 19.1 Å². The minimum atomic E-state index is 0.181. The summed E-state index contributed by atoms with van der Waals surface area (Å²) >= 11 is 8.91. The number of thiophene rings is 1. The molecule has 0 saturated heterocycles. The number of halogens is 2. The van der Waals surface area contributed by atoms with Gasteiger partial charge in [0, 0.05) is 0 Å². The van der Waals surface area contributed by atoms with Crippen molar-refractivity contribution in [2.75, 3.05) is 6.54 Å². The maximum Gasteiger partial charge on any atom is 0.119 e. The standard InChI is InChI=1S/C16H19Br2NOS/c1-4-19-15(13-9-14(17)21-16(13)18)11-5-7-12(8-6-11)20-10(2)3/h5-10,15,19H,4H2,1-3H3. The van der Waals surface area contributed by atoms with E-state index in [0.29, 0.717) is 0 Å². The molecule has 21 heavy (non-hydrogen) atoms. The molecule has 0 spiro atoms. The van der Waals surface area contributed by atoms with Crippen LogP contribution in [0.1, 0.15) is 37.9 Å². The molecule has 2 nitrogen and oxygen atoms in total. The van der Waals surface area contributed by atoms with Crippen LogP contribution in [0, 0.1) is 0 Å². The third-order valence-electron chi connectivity index (χ3n) is 2.99. The lowest BCUT2D eigenvalue weighted by molar-refractivity contribution is 0.242. The molecule has 114 valence electrons. The molecule has 2 aromatic rings. The molecule has 1 heterocycles. The van der Waals surface area contributed by atoms with Crippen molar-refractivity contribution in [3.8, 4) is 5.75 Å². The second kappa shape index (κ2) is 7.77. The fraction of sp³-hybridized carbons (Fsp3) is 0.375. The van der Waals surface area contributed by atoms with Crippen molar-refractivity contribution in [3.63, 3.8) is 0 Å². The van der Waals surface area contributed by atoms with E-state index in [-0.39, 0.29) is 12.1 Å². The predicted octanol–water partition coefficient (Wildman–Crippen LogP) is 5.76. The van der Waals surface area contributed by atoms with E-state index in [0.717, 1.165) is 19.9 Å². The van der Waals surface area contributed by atoms with Gasteiger partial charge in [-0.2, -0.15) is 0 Å². The summed E-state index contributed by atoms with van der Waals surface area (Å²) in [5.41, 5.74) is 2.49. The minimum absolute atomic E-state index is 0.181. The van der Waals surface area contributed by atoms with Crippen molar-refractivity contribution in [2.24, 2.45) is 0 Å². The molecule has 0 aliphatic rings. The molecular weight excluding hydrogens is 414 g/mol. The van der Waals surface area contributed by atoms with Crippen LogP contribution in [0.4, 0.5) is 0 Å². The van der Waals surface area contributed by atoms with E-state index >= 15 is 0 Å². The highest BCUT2D eigenvalue weighted by Crippen LogP contribution is 2.38. The fourth-order valence-electron chi connectivity index (χ4n) is 2.17. The third kappa shape index (κ3) is 4.55. The Balaban J connectivity index is 2.28. The predicted molar refractivity (Wildman–Crippen MR) is 97.4 cm³/mol. The summed E-state index contributed by atoms with van der Waals surface area (Å²) in [7, 11) is 0. The molecule has 0 bridgehead atoms. The molecule has 0 aliphatic carbocycles. The van der Waals surface area contributed by atoms with E-state index in [4.69, 9.17) is 4.74 Å². The van der Waals surface area contributed by atoms with Gasteiger partial charge in [0.15, 0.2) is 0 Å².